The maximum atomic E-state index is 12.2. The van der Waals surface area contributed by atoms with Crippen LogP contribution in [0.2, 0.25) is 5.02 Å². The van der Waals surface area contributed by atoms with E-state index in [2.05, 4.69) is 5.32 Å². The first-order valence-electron chi connectivity index (χ1n) is 6.91. The molecule has 0 unspecified atom stereocenters. The fourth-order valence-corrected chi connectivity index (χ4v) is 2.91. The first-order chi connectivity index (χ1) is 11.1. The number of hydrogen-bond donors (Lipinski definition) is 1. The van der Waals surface area contributed by atoms with Crippen LogP contribution in [0.25, 0.3) is 0 Å². The van der Waals surface area contributed by atoms with Crippen molar-refractivity contribution in [1.82, 2.24) is 10.2 Å². The predicted molar refractivity (Wildman–Crippen MR) is 84.6 cm³/mol. The molecule has 1 fully saturated rings. The van der Waals surface area contributed by atoms with Crippen LogP contribution in [-0.4, -0.2) is 56.7 Å². The van der Waals surface area contributed by atoms with Gasteiger partial charge in [-0.1, -0.05) is 11.6 Å². The Labute approximate surface area is 143 Å². The van der Waals surface area contributed by atoms with Crippen LogP contribution >= 0.6 is 11.6 Å². The molecule has 8 nitrogen and oxygen atoms in total. The molecular weight excluding hydrogens is 360 g/mol. The van der Waals surface area contributed by atoms with E-state index in [4.69, 9.17) is 16.3 Å². The van der Waals surface area contributed by atoms with Gasteiger partial charge in [0, 0.05) is 19.3 Å². The standard InChI is InChI=1S/C14H15ClN2O6S/c1-8(12(18)17-6-5-16-14(17)20)23-13(19)10-7-9(24(2,21)22)3-4-11(10)15/h3-4,7-8H,5-6H2,1-2H3,(H,16,20)/t8-/m0/s1. The molecule has 0 saturated carbocycles. The van der Waals surface area contributed by atoms with Gasteiger partial charge in [-0.05, 0) is 25.1 Å². The summed E-state index contributed by atoms with van der Waals surface area (Å²) in [5.41, 5.74) is -0.176. The second kappa shape index (κ2) is 6.78. The van der Waals surface area contributed by atoms with Crippen LogP contribution in [0.4, 0.5) is 4.79 Å². The van der Waals surface area contributed by atoms with Crippen LogP contribution in [0.5, 0.6) is 0 Å². The van der Waals surface area contributed by atoms with Crippen LogP contribution in [0.3, 0.4) is 0 Å². The zero-order valence-electron chi connectivity index (χ0n) is 12.9. The molecule has 10 heteroatoms. The minimum absolute atomic E-state index is 0.00837. The zero-order valence-corrected chi connectivity index (χ0v) is 14.5. The van der Waals surface area contributed by atoms with Crippen molar-refractivity contribution in [3.05, 3.63) is 28.8 Å². The lowest BCUT2D eigenvalue weighted by Crippen LogP contribution is -2.41. The van der Waals surface area contributed by atoms with Gasteiger partial charge in [-0.3, -0.25) is 9.69 Å². The van der Waals surface area contributed by atoms with Crippen LogP contribution in [0.1, 0.15) is 17.3 Å². The molecule has 2 rings (SSSR count). The average Bonchev–Trinajstić information content (AvgIpc) is 2.91. The van der Waals surface area contributed by atoms with E-state index in [1.54, 1.807) is 0 Å². The number of imide groups is 1. The third-order valence-electron chi connectivity index (χ3n) is 3.34. The Morgan fingerprint density at radius 1 is 1.38 bits per heavy atom. The van der Waals surface area contributed by atoms with Gasteiger partial charge in [0.1, 0.15) is 0 Å². The Hall–Kier alpha value is -2.13. The molecular formula is C14H15ClN2O6S. The highest BCUT2D eigenvalue weighted by Crippen LogP contribution is 2.22. The van der Waals surface area contributed by atoms with E-state index in [1.165, 1.54) is 19.1 Å². The first-order valence-corrected chi connectivity index (χ1v) is 9.18. The Morgan fingerprint density at radius 3 is 2.58 bits per heavy atom. The van der Waals surface area contributed by atoms with Crippen molar-refractivity contribution >= 4 is 39.3 Å². The lowest BCUT2D eigenvalue weighted by Gasteiger charge is -2.18. The second-order valence-electron chi connectivity index (χ2n) is 5.18. The number of carbonyl (C=O) groups is 3. The number of sulfone groups is 1. The quantitative estimate of drug-likeness (QED) is 0.782. The summed E-state index contributed by atoms with van der Waals surface area (Å²) in [6, 6.07) is 3.05. The molecule has 1 saturated heterocycles. The van der Waals surface area contributed by atoms with Gasteiger partial charge in [0.15, 0.2) is 15.9 Å². The summed E-state index contributed by atoms with van der Waals surface area (Å²) >= 11 is 5.90. The normalized spacial score (nSPS) is 15.8. The Morgan fingerprint density at radius 2 is 2.04 bits per heavy atom. The van der Waals surface area contributed by atoms with Gasteiger partial charge in [-0.25, -0.2) is 18.0 Å². The van der Waals surface area contributed by atoms with Gasteiger partial charge >= 0.3 is 12.0 Å². The zero-order chi connectivity index (χ0) is 18.1. The fourth-order valence-electron chi connectivity index (χ4n) is 2.07. The van der Waals surface area contributed by atoms with Gasteiger partial charge in [-0.15, -0.1) is 0 Å². The molecule has 1 aliphatic heterocycles. The number of nitrogens with one attached hydrogen (secondary N) is 1. The molecule has 130 valence electrons. The summed E-state index contributed by atoms with van der Waals surface area (Å²) in [5.74, 6) is -1.63. The largest absolute Gasteiger partial charge is 0.449 e. The number of ether oxygens (including phenoxy) is 1. The van der Waals surface area contributed by atoms with E-state index in [-0.39, 0.29) is 22.0 Å². The van der Waals surface area contributed by atoms with Gasteiger partial charge in [0.2, 0.25) is 0 Å². The van der Waals surface area contributed by atoms with E-state index in [0.717, 1.165) is 17.2 Å². The first kappa shape index (κ1) is 18.2. The number of esters is 1. The van der Waals surface area contributed by atoms with Crippen molar-refractivity contribution in [1.29, 1.82) is 0 Å². The smallest absolute Gasteiger partial charge is 0.340 e. The van der Waals surface area contributed by atoms with Crippen molar-refractivity contribution in [3.63, 3.8) is 0 Å². The average molecular weight is 375 g/mol. The predicted octanol–water partition coefficient (Wildman–Crippen LogP) is 0.841. The lowest BCUT2D eigenvalue weighted by molar-refractivity contribution is -0.136. The molecule has 0 radical (unpaired) electrons. The van der Waals surface area contributed by atoms with Gasteiger partial charge in [0.05, 0.1) is 15.5 Å². The highest BCUT2D eigenvalue weighted by Gasteiger charge is 2.32. The van der Waals surface area contributed by atoms with Crippen LogP contribution in [-0.2, 0) is 19.4 Å². The number of amides is 3. The summed E-state index contributed by atoms with van der Waals surface area (Å²) in [4.78, 5) is 36.6. The van der Waals surface area contributed by atoms with Crippen molar-refractivity contribution in [2.75, 3.05) is 19.3 Å². The molecule has 0 aliphatic carbocycles. The van der Waals surface area contributed by atoms with Crippen molar-refractivity contribution < 1.29 is 27.5 Å². The molecule has 0 aromatic heterocycles. The number of carbonyl (C=O) groups excluding carboxylic acids is 3. The fraction of sp³-hybridized carbons (Fsp3) is 0.357. The van der Waals surface area contributed by atoms with E-state index in [1.807, 2.05) is 0 Å². The van der Waals surface area contributed by atoms with Gasteiger partial charge < -0.3 is 10.1 Å². The summed E-state index contributed by atoms with van der Waals surface area (Å²) in [5, 5.41) is 2.45. The molecule has 1 atom stereocenters. The van der Waals surface area contributed by atoms with E-state index >= 15 is 0 Å². The molecule has 3 amide bonds. The Balaban J connectivity index is 2.17. The highest BCUT2D eigenvalue weighted by atomic mass is 35.5. The summed E-state index contributed by atoms with van der Waals surface area (Å²) in [6.07, 6.45) is -0.233. The maximum absolute atomic E-state index is 12.2. The number of rotatable bonds is 4. The number of benzene rings is 1. The molecule has 24 heavy (non-hydrogen) atoms. The number of hydrogen-bond acceptors (Lipinski definition) is 6. The molecule has 1 heterocycles. The highest BCUT2D eigenvalue weighted by molar-refractivity contribution is 7.90. The summed E-state index contributed by atoms with van der Waals surface area (Å²) in [6.45, 7) is 1.83. The maximum Gasteiger partial charge on any atom is 0.340 e. The third-order valence-corrected chi connectivity index (χ3v) is 4.78. The molecule has 1 aliphatic rings. The monoisotopic (exact) mass is 374 g/mol. The van der Waals surface area contributed by atoms with E-state index in [0.29, 0.717) is 6.54 Å². The lowest BCUT2D eigenvalue weighted by atomic mass is 10.2. The molecule has 0 bridgehead atoms. The Kier molecular flexibility index (Phi) is 5.14. The van der Waals surface area contributed by atoms with Crippen LogP contribution < -0.4 is 5.32 Å². The number of halogens is 1. The minimum atomic E-state index is -3.54. The van der Waals surface area contributed by atoms with E-state index in [9.17, 15) is 22.8 Å². The summed E-state index contributed by atoms with van der Waals surface area (Å²) in [7, 11) is -3.54. The second-order valence-corrected chi connectivity index (χ2v) is 7.61. The SMILES string of the molecule is C[C@H](OC(=O)c1cc(S(C)(=O)=O)ccc1Cl)C(=O)N1CCNC1=O. The van der Waals surface area contributed by atoms with Crippen molar-refractivity contribution in [2.24, 2.45) is 0 Å². The van der Waals surface area contributed by atoms with Crippen LogP contribution in [0.15, 0.2) is 23.1 Å². The molecule has 1 aromatic carbocycles. The molecule has 1 aromatic rings. The molecule has 1 N–H and O–H groups in total. The molecule has 0 spiro atoms. The number of nitrogens with zero attached hydrogens (tertiary/aromatic N) is 1. The number of urea groups is 1. The third kappa shape index (κ3) is 3.85. The van der Waals surface area contributed by atoms with Crippen molar-refractivity contribution in [3.8, 4) is 0 Å². The van der Waals surface area contributed by atoms with Crippen molar-refractivity contribution in [2.45, 2.75) is 17.9 Å². The van der Waals surface area contributed by atoms with Crippen LogP contribution in [0, 0.1) is 0 Å². The van der Waals surface area contributed by atoms with Gasteiger partial charge in [0.25, 0.3) is 5.91 Å². The Bertz CT molecular complexity index is 807. The summed E-state index contributed by atoms with van der Waals surface area (Å²) < 4.78 is 28.1. The minimum Gasteiger partial charge on any atom is -0.449 e. The van der Waals surface area contributed by atoms with Gasteiger partial charge in [-0.2, -0.15) is 0 Å². The topological polar surface area (TPSA) is 110 Å². The van der Waals surface area contributed by atoms with E-state index < -0.39 is 33.8 Å².